The first-order chi connectivity index (χ1) is 10.2. The summed E-state index contributed by atoms with van der Waals surface area (Å²) >= 11 is 0. The van der Waals surface area contributed by atoms with E-state index in [1.54, 1.807) is 19.2 Å². The van der Waals surface area contributed by atoms with Crippen molar-refractivity contribution in [2.75, 3.05) is 6.61 Å². The number of pyridine rings is 1. The Morgan fingerprint density at radius 2 is 2.05 bits per heavy atom. The lowest BCUT2D eigenvalue weighted by Crippen LogP contribution is -2.12. The number of benzene rings is 1. The molecule has 3 aromatic rings. The average Bonchev–Trinajstić information content (AvgIpc) is 2.89. The number of carbonyl (C=O) groups is 1. The Kier molecular flexibility index (Phi) is 3.27. The number of nitrogens with one attached hydrogen (secondary N) is 1. The molecule has 0 saturated carbocycles. The van der Waals surface area contributed by atoms with Gasteiger partial charge in [0.15, 0.2) is 5.65 Å². The second-order valence-electron chi connectivity index (χ2n) is 4.45. The van der Waals surface area contributed by atoms with Gasteiger partial charge >= 0.3 is 11.7 Å². The summed E-state index contributed by atoms with van der Waals surface area (Å²) in [5.41, 5.74) is 1.77. The Morgan fingerprint density at radius 3 is 2.76 bits per heavy atom. The molecule has 1 aromatic carbocycles. The van der Waals surface area contributed by atoms with Gasteiger partial charge in [-0.25, -0.2) is 19.1 Å². The molecule has 0 aliphatic heterocycles. The van der Waals surface area contributed by atoms with Crippen LogP contribution in [0.1, 0.15) is 17.3 Å². The molecule has 0 aliphatic rings. The zero-order valence-corrected chi connectivity index (χ0v) is 11.4. The van der Waals surface area contributed by atoms with Gasteiger partial charge in [0.2, 0.25) is 0 Å². The van der Waals surface area contributed by atoms with E-state index < -0.39 is 11.7 Å². The molecular formula is C15H13N3O3. The lowest BCUT2D eigenvalue weighted by Gasteiger charge is -2.07. The Labute approximate surface area is 120 Å². The molecule has 3 rings (SSSR count). The standard InChI is InChI=1S/C15H13N3O3/c1-2-21-14(19)12-8-11(10-6-4-3-5-7-10)9-18-13(12)16-17-15(18)20/h3-9H,2H2,1H3,(H,17,20). The molecule has 0 saturated heterocycles. The van der Waals surface area contributed by atoms with E-state index in [4.69, 9.17) is 4.74 Å². The molecule has 1 N–H and O–H groups in total. The van der Waals surface area contributed by atoms with E-state index in [2.05, 4.69) is 10.2 Å². The summed E-state index contributed by atoms with van der Waals surface area (Å²) in [6.45, 7) is 1.99. The Bertz CT molecular complexity index is 849. The predicted octanol–water partition coefficient (Wildman–Crippen LogP) is 1.87. The topological polar surface area (TPSA) is 76.5 Å². The largest absolute Gasteiger partial charge is 0.462 e. The maximum absolute atomic E-state index is 12.1. The van der Waals surface area contributed by atoms with E-state index in [1.165, 1.54) is 4.40 Å². The quantitative estimate of drug-likeness (QED) is 0.744. The number of aromatic amines is 1. The molecule has 2 aromatic heterocycles. The highest BCUT2D eigenvalue weighted by Crippen LogP contribution is 2.22. The van der Waals surface area contributed by atoms with Crippen LogP contribution in [0.5, 0.6) is 0 Å². The highest BCUT2D eigenvalue weighted by molar-refractivity contribution is 5.97. The normalized spacial score (nSPS) is 10.7. The molecule has 106 valence electrons. The molecule has 0 amide bonds. The molecule has 6 heteroatoms. The first-order valence-electron chi connectivity index (χ1n) is 6.54. The fourth-order valence-corrected chi connectivity index (χ4v) is 2.16. The number of aromatic nitrogens is 3. The van der Waals surface area contributed by atoms with Crippen molar-refractivity contribution >= 4 is 11.6 Å². The van der Waals surface area contributed by atoms with Crippen molar-refractivity contribution in [3.05, 3.63) is 58.6 Å². The van der Waals surface area contributed by atoms with Crippen LogP contribution < -0.4 is 5.69 Å². The summed E-state index contributed by atoms with van der Waals surface area (Å²) in [5.74, 6) is -0.501. The van der Waals surface area contributed by atoms with E-state index in [9.17, 15) is 9.59 Å². The van der Waals surface area contributed by atoms with Crippen molar-refractivity contribution in [1.82, 2.24) is 14.6 Å². The molecule has 0 unspecified atom stereocenters. The number of fused-ring (bicyclic) bond motifs is 1. The molecular weight excluding hydrogens is 270 g/mol. The summed E-state index contributed by atoms with van der Waals surface area (Å²) in [4.78, 5) is 23.8. The maximum Gasteiger partial charge on any atom is 0.347 e. The number of hydrogen-bond donors (Lipinski definition) is 1. The first-order valence-corrected chi connectivity index (χ1v) is 6.54. The van der Waals surface area contributed by atoms with Gasteiger partial charge in [0.1, 0.15) is 5.56 Å². The van der Waals surface area contributed by atoms with E-state index in [0.29, 0.717) is 0 Å². The van der Waals surface area contributed by atoms with Gasteiger partial charge in [0.05, 0.1) is 6.61 Å². The second-order valence-corrected chi connectivity index (χ2v) is 4.45. The summed E-state index contributed by atoms with van der Waals surface area (Å²) in [7, 11) is 0. The van der Waals surface area contributed by atoms with Crippen molar-refractivity contribution in [3.8, 4) is 11.1 Å². The Balaban J connectivity index is 2.26. The molecule has 0 atom stereocenters. The fourth-order valence-electron chi connectivity index (χ4n) is 2.16. The molecule has 0 aliphatic carbocycles. The van der Waals surface area contributed by atoms with Crippen LogP contribution in [0, 0.1) is 0 Å². The lowest BCUT2D eigenvalue weighted by atomic mass is 10.1. The molecule has 2 heterocycles. The van der Waals surface area contributed by atoms with Crippen molar-refractivity contribution < 1.29 is 9.53 Å². The zero-order valence-electron chi connectivity index (χ0n) is 11.4. The highest BCUT2D eigenvalue weighted by atomic mass is 16.5. The lowest BCUT2D eigenvalue weighted by molar-refractivity contribution is 0.0528. The minimum absolute atomic E-state index is 0.259. The molecule has 21 heavy (non-hydrogen) atoms. The molecule has 0 spiro atoms. The van der Waals surface area contributed by atoms with Gasteiger partial charge in [-0.1, -0.05) is 30.3 Å². The Hall–Kier alpha value is -2.89. The first kappa shape index (κ1) is 13.1. The van der Waals surface area contributed by atoms with Gasteiger partial charge in [-0.15, -0.1) is 0 Å². The second kappa shape index (κ2) is 5.24. The van der Waals surface area contributed by atoms with Crippen molar-refractivity contribution in [3.63, 3.8) is 0 Å². The van der Waals surface area contributed by atoms with Crippen LogP contribution in [0.4, 0.5) is 0 Å². The highest BCUT2D eigenvalue weighted by Gasteiger charge is 2.17. The van der Waals surface area contributed by atoms with E-state index in [0.717, 1.165) is 11.1 Å². The third-order valence-electron chi connectivity index (χ3n) is 3.12. The minimum atomic E-state index is -0.501. The molecule has 0 radical (unpaired) electrons. The van der Waals surface area contributed by atoms with Crippen LogP contribution in [0.2, 0.25) is 0 Å². The van der Waals surface area contributed by atoms with Gasteiger partial charge in [0, 0.05) is 6.20 Å². The van der Waals surface area contributed by atoms with Crippen LogP contribution >= 0.6 is 0 Å². The third kappa shape index (κ3) is 2.31. The molecule has 6 nitrogen and oxygen atoms in total. The van der Waals surface area contributed by atoms with Gasteiger partial charge < -0.3 is 4.74 Å². The maximum atomic E-state index is 12.1. The number of H-pyrrole nitrogens is 1. The smallest absolute Gasteiger partial charge is 0.347 e. The zero-order chi connectivity index (χ0) is 14.8. The number of esters is 1. The van der Waals surface area contributed by atoms with Crippen LogP contribution in [0.25, 0.3) is 16.8 Å². The molecule has 0 fully saturated rings. The summed E-state index contributed by atoms with van der Waals surface area (Å²) in [5, 5.41) is 6.22. The van der Waals surface area contributed by atoms with Gasteiger partial charge in [0.25, 0.3) is 0 Å². The summed E-state index contributed by atoms with van der Waals surface area (Å²) in [6.07, 6.45) is 1.65. The number of rotatable bonds is 3. The van der Waals surface area contributed by atoms with Crippen LogP contribution in [-0.2, 0) is 4.74 Å². The Morgan fingerprint density at radius 1 is 1.29 bits per heavy atom. The van der Waals surface area contributed by atoms with Crippen molar-refractivity contribution in [2.45, 2.75) is 6.92 Å². The van der Waals surface area contributed by atoms with Crippen LogP contribution in [-0.4, -0.2) is 27.2 Å². The van der Waals surface area contributed by atoms with E-state index >= 15 is 0 Å². The number of carbonyl (C=O) groups excluding carboxylic acids is 1. The van der Waals surface area contributed by atoms with E-state index in [-0.39, 0.29) is 17.8 Å². The summed E-state index contributed by atoms with van der Waals surface area (Å²) < 4.78 is 6.34. The van der Waals surface area contributed by atoms with Gasteiger partial charge in [-0.3, -0.25) is 0 Å². The minimum Gasteiger partial charge on any atom is -0.462 e. The predicted molar refractivity (Wildman–Crippen MR) is 77.2 cm³/mol. The van der Waals surface area contributed by atoms with Crippen molar-refractivity contribution in [1.29, 1.82) is 0 Å². The average molecular weight is 283 g/mol. The summed E-state index contributed by atoms with van der Waals surface area (Å²) in [6, 6.07) is 11.2. The third-order valence-corrected chi connectivity index (χ3v) is 3.12. The monoisotopic (exact) mass is 283 g/mol. The van der Waals surface area contributed by atoms with Crippen LogP contribution in [0.15, 0.2) is 47.4 Å². The van der Waals surface area contributed by atoms with Crippen LogP contribution in [0.3, 0.4) is 0 Å². The molecule has 0 bridgehead atoms. The fraction of sp³-hybridized carbons (Fsp3) is 0.133. The SMILES string of the molecule is CCOC(=O)c1cc(-c2ccccc2)cn2c(=O)[nH]nc12. The van der Waals surface area contributed by atoms with E-state index in [1.807, 2.05) is 30.3 Å². The van der Waals surface area contributed by atoms with Gasteiger partial charge in [-0.05, 0) is 24.1 Å². The number of nitrogens with zero attached hydrogens (tertiary/aromatic N) is 2. The number of hydrogen-bond acceptors (Lipinski definition) is 4. The van der Waals surface area contributed by atoms with Crippen molar-refractivity contribution in [2.24, 2.45) is 0 Å². The van der Waals surface area contributed by atoms with Gasteiger partial charge in [-0.2, -0.15) is 5.10 Å². The number of ether oxygens (including phenoxy) is 1.